The van der Waals surface area contributed by atoms with Gasteiger partial charge in [0.05, 0.1) is 19.4 Å². The van der Waals surface area contributed by atoms with Gasteiger partial charge >= 0.3 is 7.60 Å². The zero-order valence-corrected chi connectivity index (χ0v) is 11.0. The van der Waals surface area contributed by atoms with E-state index in [4.69, 9.17) is 13.8 Å². The summed E-state index contributed by atoms with van der Waals surface area (Å²) in [6.45, 7) is 0. The van der Waals surface area contributed by atoms with Crippen molar-refractivity contribution in [2.24, 2.45) is 0 Å². The van der Waals surface area contributed by atoms with Crippen LogP contribution in [0.25, 0.3) is 0 Å². The Bertz CT molecular complexity index is 399. The summed E-state index contributed by atoms with van der Waals surface area (Å²) in [5.41, 5.74) is 0.560. The molecule has 1 rings (SSSR count). The molecule has 6 heteroatoms. The van der Waals surface area contributed by atoms with Gasteiger partial charge in [-0.1, -0.05) is 18.2 Å². The van der Waals surface area contributed by atoms with E-state index in [0.29, 0.717) is 11.3 Å². The number of rotatable bonds is 6. The van der Waals surface area contributed by atoms with Crippen LogP contribution in [-0.2, 0) is 13.6 Å². The molecule has 0 saturated carbocycles. The minimum atomic E-state index is -3.24. The molecule has 96 valence electrons. The first-order chi connectivity index (χ1) is 8.06. The largest absolute Gasteiger partial charge is 0.496 e. The molecule has 0 radical (unpaired) electrons. The van der Waals surface area contributed by atoms with E-state index in [2.05, 4.69) is 0 Å². The molecule has 5 nitrogen and oxygen atoms in total. The Labute approximate surface area is 101 Å². The highest BCUT2D eigenvalue weighted by atomic mass is 31.2. The van der Waals surface area contributed by atoms with Crippen LogP contribution < -0.4 is 4.74 Å². The molecule has 0 spiro atoms. The van der Waals surface area contributed by atoms with Crippen molar-refractivity contribution in [3.8, 4) is 5.75 Å². The molecule has 0 amide bonds. The molecular formula is C11H17O5P. The van der Waals surface area contributed by atoms with E-state index in [9.17, 15) is 9.67 Å². The Kier molecular flexibility index (Phi) is 5.15. The maximum Gasteiger partial charge on any atom is 0.333 e. The molecule has 0 aliphatic heterocycles. The lowest BCUT2D eigenvalue weighted by molar-refractivity contribution is 0.180. The van der Waals surface area contributed by atoms with Crippen LogP contribution in [-0.4, -0.2) is 32.6 Å². The highest BCUT2D eigenvalue weighted by Crippen LogP contribution is 2.49. The highest BCUT2D eigenvalue weighted by molar-refractivity contribution is 7.53. The number of hydrogen-bond acceptors (Lipinski definition) is 5. The van der Waals surface area contributed by atoms with Crippen molar-refractivity contribution in [1.82, 2.24) is 0 Å². The van der Waals surface area contributed by atoms with Crippen molar-refractivity contribution in [3.05, 3.63) is 29.8 Å². The first kappa shape index (κ1) is 14.2. The summed E-state index contributed by atoms with van der Waals surface area (Å²) in [6.07, 6.45) is -1.07. The van der Waals surface area contributed by atoms with E-state index < -0.39 is 13.7 Å². The molecule has 1 N–H and O–H groups in total. The van der Waals surface area contributed by atoms with E-state index in [-0.39, 0.29) is 6.16 Å². The first-order valence-electron chi connectivity index (χ1n) is 5.08. The van der Waals surface area contributed by atoms with Gasteiger partial charge in [0.25, 0.3) is 0 Å². The van der Waals surface area contributed by atoms with E-state index in [1.165, 1.54) is 21.3 Å². The summed E-state index contributed by atoms with van der Waals surface area (Å²) in [6, 6.07) is 7.00. The highest BCUT2D eigenvalue weighted by Gasteiger charge is 2.27. The van der Waals surface area contributed by atoms with Crippen LogP contribution >= 0.6 is 7.60 Å². The molecule has 0 aliphatic carbocycles. The SMILES string of the molecule is COc1ccccc1C(O)CP(=O)(OC)OC. The third-order valence-corrected chi connectivity index (χ3v) is 4.36. The Morgan fingerprint density at radius 1 is 1.24 bits per heavy atom. The monoisotopic (exact) mass is 260 g/mol. The fourth-order valence-electron chi connectivity index (χ4n) is 1.48. The van der Waals surface area contributed by atoms with Gasteiger partial charge in [-0.3, -0.25) is 4.57 Å². The van der Waals surface area contributed by atoms with E-state index in [1.54, 1.807) is 24.3 Å². The predicted octanol–water partition coefficient (Wildman–Crippen LogP) is 2.21. The predicted molar refractivity (Wildman–Crippen MR) is 64.4 cm³/mol. The molecule has 0 heterocycles. The summed E-state index contributed by atoms with van der Waals surface area (Å²) >= 11 is 0. The van der Waals surface area contributed by atoms with Gasteiger partial charge < -0.3 is 18.9 Å². The maximum absolute atomic E-state index is 11.9. The molecule has 1 atom stereocenters. The first-order valence-corrected chi connectivity index (χ1v) is 6.80. The Balaban J connectivity index is 2.89. The minimum Gasteiger partial charge on any atom is -0.496 e. The smallest absolute Gasteiger partial charge is 0.333 e. The third kappa shape index (κ3) is 3.54. The summed E-state index contributed by atoms with van der Waals surface area (Å²) in [5, 5.41) is 10.0. The van der Waals surface area contributed by atoms with Crippen molar-refractivity contribution in [3.63, 3.8) is 0 Å². The minimum absolute atomic E-state index is 0.111. The molecule has 1 aromatic carbocycles. The van der Waals surface area contributed by atoms with E-state index in [0.717, 1.165) is 0 Å². The Morgan fingerprint density at radius 3 is 2.35 bits per heavy atom. The summed E-state index contributed by atoms with van der Waals surface area (Å²) in [4.78, 5) is 0. The van der Waals surface area contributed by atoms with Gasteiger partial charge in [0.1, 0.15) is 5.75 Å². The van der Waals surface area contributed by atoms with Crippen molar-refractivity contribution in [1.29, 1.82) is 0 Å². The number of hydrogen-bond donors (Lipinski definition) is 1. The van der Waals surface area contributed by atoms with Crippen LogP contribution in [0.3, 0.4) is 0 Å². The van der Waals surface area contributed by atoms with Gasteiger partial charge in [0.15, 0.2) is 0 Å². The molecular weight excluding hydrogens is 243 g/mol. The molecule has 17 heavy (non-hydrogen) atoms. The fraction of sp³-hybridized carbons (Fsp3) is 0.455. The molecule has 0 aliphatic rings. The lowest BCUT2D eigenvalue weighted by Crippen LogP contribution is -2.08. The molecule has 0 saturated heterocycles. The number of methoxy groups -OCH3 is 1. The van der Waals surface area contributed by atoms with Crippen LogP contribution in [0.2, 0.25) is 0 Å². The Morgan fingerprint density at radius 2 is 1.82 bits per heavy atom. The summed E-state index contributed by atoms with van der Waals surface area (Å²) in [7, 11) is 0.855. The van der Waals surface area contributed by atoms with Gasteiger partial charge in [0, 0.05) is 19.8 Å². The second-order valence-electron chi connectivity index (χ2n) is 3.42. The quantitative estimate of drug-likeness (QED) is 0.794. The second-order valence-corrected chi connectivity index (χ2v) is 5.73. The Hall–Kier alpha value is -0.870. The average Bonchev–Trinajstić information content (AvgIpc) is 2.38. The average molecular weight is 260 g/mol. The van der Waals surface area contributed by atoms with Crippen LogP contribution in [0.4, 0.5) is 0 Å². The van der Waals surface area contributed by atoms with Gasteiger partial charge in [-0.2, -0.15) is 0 Å². The van der Waals surface area contributed by atoms with Crippen molar-refractivity contribution >= 4 is 7.60 Å². The van der Waals surface area contributed by atoms with E-state index in [1.807, 2.05) is 0 Å². The molecule has 1 unspecified atom stereocenters. The van der Waals surface area contributed by atoms with Crippen LogP contribution in [0.1, 0.15) is 11.7 Å². The number of para-hydroxylation sites is 1. The number of aliphatic hydroxyl groups is 1. The maximum atomic E-state index is 11.9. The topological polar surface area (TPSA) is 65.0 Å². The zero-order valence-electron chi connectivity index (χ0n) is 10.1. The third-order valence-electron chi connectivity index (χ3n) is 2.45. The number of ether oxygens (including phenoxy) is 1. The molecule has 0 aromatic heterocycles. The second kappa shape index (κ2) is 6.17. The van der Waals surface area contributed by atoms with Crippen molar-refractivity contribution in [2.45, 2.75) is 6.10 Å². The standard InChI is InChI=1S/C11H17O5P/c1-14-11-7-5-4-6-9(11)10(12)8-17(13,15-2)16-3/h4-7,10,12H,8H2,1-3H3. The van der Waals surface area contributed by atoms with Crippen molar-refractivity contribution < 1.29 is 23.5 Å². The van der Waals surface area contributed by atoms with Crippen LogP contribution in [0.15, 0.2) is 24.3 Å². The lowest BCUT2D eigenvalue weighted by atomic mass is 10.1. The number of aliphatic hydroxyl groups excluding tert-OH is 1. The lowest BCUT2D eigenvalue weighted by Gasteiger charge is -2.19. The molecule has 0 fully saturated rings. The zero-order chi connectivity index (χ0) is 12.9. The molecule has 1 aromatic rings. The van der Waals surface area contributed by atoms with Crippen molar-refractivity contribution in [2.75, 3.05) is 27.5 Å². The summed E-state index contributed by atoms with van der Waals surface area (Å²) in [5.74, 6) is 0.541. The fourth-order valence-corrected chi connectivity index (χ4v) is 2.54. The van der Waals surface area contributed by atoms with Gasteiger partial charge in [-0.05, 0) is 6.07 Å². The van der Waals surface area contributed by atoms with Gasteiger partial charge in [-0.25, -0.2) is 0 Å². The van der Waals surface area contributed by atoms with Crippen LogP contribution in [0.5, 0.6) is 5.75 Å². The molecule has 0 bridgehead atoms. The van der Waals surface area contributed by atoms with Crippen LogP contribution in [0, 0.1) is 0 Å². The van der Waals surface area contributed by atoms with E-state index >= 15 is 0 Å². The van der Waals surface area contributed by atoms with Gasteiger partial charge in [0.2, 0.25) is 0 Å². The number of benzene rings is 1. The van der Waals surface area contributed by atoms with Gasteiger partial charge in [-0.15, -0.1) is 0 Å². The normalized spacial score (nSPS) is 13.4. The summed E-state index contributed by atoms with van der Waals surface area (Å²) < 4.78 is 26.6.